The van der Waals surface area contributed by atoms with Crippen LogP contribution < -0.4 is 5.32 Å². The Hall–Kier alpha value is -1.39. The summed E-state index contributed by atoms with van der Waals surface area (Å²) in [4.78, 5) is 13.4. The summed E-state index contributed by atoms with van der Waals surface area (Å²) in [6.07, 6.45) is 6.45. The molecule has 2 heterocycles. The molecule has 0 aromatic carbocycles. The van der Waals surface area contributed by atoms with Gasteiger partial charge in [-0.1, -0.05) is 36.0 Å². The van der Waals surface area contributed by atoms with E-state index in [9.17, 15) is 0 Å². The summed E-state index contributed by atoms with van der Waals surface area (Å²) >= 11 is 12.1. The smallest absolute Gasteiger partial charge is 0.181 e. The van der Waals surface area contributed by atoms with Gasteiger partial charge in [0.15, 0.2) is 5.82 Å². The maximum absolute atomic E-state index is 6.22. The molecule has 0 bridgehead atoms. The maximum Gasteiger partial charge on any atom is 0.181 e. The molecule has 3 rings (SSSR count). The number of nitrogens with zero attached hydrogens (tertiary/aromatic N) is 3. The molecule has 0 aliphatic heterocycles. The summed E-state index contributed by atoms with van der Waals surface area (Å²) in [5, 5.41) is 4.05. The molecule has 1 aliphatic carbocycles. The van der Waals surface area contributed by atoms with Crippen molar-refractivity contribution in [3.63, 3.8) is 0 Å². The zero-order valence-corrected chi connectivity index (χ0v) is 13.2. The lowest BCUT2D eigenvalue weighted by molar-refractivity contribution is 0.695. The number of halogens is 2. The molecule has 2 aromatic rings. The number of pyridine rings is 1. The molecule has 110 valence electrons. The second kappa shape index (κ2) is 6.16. The minimum Gasteiger partial charge on any atom is -0.373 e. The van der Waals surface area contributed by atoms with Crippen molar-refractivity contribution >= 4 is 29.0 Å². The number of hydrogen-bond acceptors (Lipinski definition) is 4. The van der Waals surface area contributed by atoms with Gasteiger partial charge in [0.2, 0.25) is 0 Å². The van der Waals surface area contributed by atoms with Crippen LogP contribution in [0.25, 0.3) is 11.5 Å². The minimum absolute atomic E-state index is 0.466. The van der Waals surface area contributed by atoms with Gasteiger partial charge in [-0.15, -0.1) is 0 Å². The van der Waals surface area contributed by atoms with Gasteiger partial charge in [0.1, 0.15) is 11.5 Å². The highest BCUT2D eigenvalue weighted by atomic mass is 35.5. The largest absolute Gasteiger partial charge is 0.373 e. The van der Waals surface area contributed by atoms with Gasteiger partial charge in [0, 0.05) is 30.9 Å². The number of nitrogens with one attached hydrogen (secondary N) is 1. The lowest BCUT2D eigenvalue weighted by atomic mass is 10.0. The highest BCUT2D eigenvalue weighted by molar-refractivity contribution is 6.35. The third kappa shape index (κ3) is 3.11. The first kappa shape index (κ1) is 14.5. The molecule has 1 saturated carbocycles. The average molecular weight is 323 g/mol. The lowest BCUT2D eigenvalue weighted by Crippen LogP contribution is -2.04. The highest BCUT2D eigenvalue weighted by Gasteiger charge is 2.21. The van der Waals surface area contributed by atoms with Crippen LogP contribution >= 0.6 is 23.2 Å². The van der Waals surface area contributed by atoms with Gasteiger partial charge in [0.25, 0.3) is 0 Å². The molecular formula is C15H16Cl2N4. The van der Waals surface area contributed by atoms with Gasteiger partial charge in [-0.25, -0.2) is 15.0 Å². The first-order valence-corrected chi connectivity index (χ1v) is 7.81. The van der Waals surface area contributed by atoms with Crippen LogP contribution in [0.3, 0.4) is 0 Å². The van der Waals surface area contributed by atoms with Crippen LogP contribution in [0, 0.1) is 0 Å². The predicted octanol–water partition coefficient (Wildman–Crippen LogP) is 4.54. The van der Waals surface area contributed by atoms with Crippen LogP contribution in [0.1, 0.15) is 37.3 Å². The molecule has 2 aromatic heterocycles. The quantitative estimate of drug-likeness (QED) is 0.900. The summed E-state index contributed by atoms with van der Waals surface area (Å²) in [5.41, 5.74) is 1.63. The van der Waals surface area contributed by atoms with E-state index in [4.69, 9.17) is 23.2 Å². The van der Waals surface area contributed by atoms with E-state index in [0.717, 1.165) is 11.5 Å². The summed E-state index contributed by atoms with van der Waals surface area (Å²) in [6.45, 7) is 0. The topological polar surface area (TPSA) is 50.7 Å². The summed E-state index contributed by atoms with van der Waals surface area (Å²) < 4.78 is 0. The molecule has 4 nitrogen and oxygen atoms in total. The molecule has 1 fully saturated rings. The number of aromatic nitrogens is 3. The second-order valence-electron chi connectivity index (χ2n) is 5.22. The molecule has 0 radical (unpaired) electrons. The average Bonchev–Trinajstić information content (AvgIpc) is 3.01. The molecule has 21 heavy (non-hydrogen) atoms. The molecule has 1 N–H and O–H groups in total. The Bertz CT molecular complexity index is 654. The maximum atomic E-state index is 6.22. The van der Waals surface area contributed by atoms with Crippen LogP contribution in [-0.4, -0.2) is 22.0 Å². The fourth-order valence-electron chi connectivity index (χ4n) is 2.71. The van der Waals surface area contributed by atoms with E-state index in [1.165, 1.54) is 25.7 Å². The van der Waals surface area contributed by atoms with E-state index in [-0.39, 0.29) is 0 Å². The third-order valence-electron chi connectivity index (χ3n) is 3.80. The fourth-order valence-corrected chi connectivity index (χ4v) is 3.17. The number of anilines is 1. The van der Waals surface area contributed by atoms with Crippen LogP contribution in [0.5, 0.6) is 0 Å². The summed E-state index contributed by atoms with van der Waals surface area (Å²) in [6, 6.07) is 3.68. The number of hydrogen-bond donors (Lipinski definition) is 1. The monoisotopic (exact) mass is 322 g/mol. The van der Waals surface area contributed by atoms with Crippen LogP contribution in [0.15, 0.2) is 18.3 Å². The molecular weight excluding hydrogens is 307 g/mol. The lowest BCUT2D eigenvalue weighted by Gasteiger charge is -2.12. The van der Waals surface area contributed by atoms with Crippen molar-refractivity contribution in [2.75, 3.05) is 12.4 Å². The Morgan fingerprint density at radius 2 is 1.90 bits per heavy atom. The van der Waals surface area contributed by atoms with Gasteiger partial charge in [-0.3, -0.25) is 0 Å². The Labute approximate surface area is 133 Å². The van der Waals surface area contributed by atoms with Crippen LogP contribution in [0.4, 0.5) is 5.82 Å². The normalized spacial score (nSPS) is 15.4. The van der Waals surface area contributed by atoms with Crippen molar-refractivity contribution in [2.24, 2.45) is 0 Å². The van der Waals surface area contributed by atoms with Crippen molar-refractivity contribution in [3.05, 3.63) is 34.1 Å². The van der Waals surface area contributed by atoms with Crippen molar-refractivity contribution in [3.8, 4) is 11.5 Å². The van der Waals surface area contributed by atoms with Crippen molar-refractivity contribution in [1.29, 1.82) is 0 Å². The SMILES string of the molecule is CNc1cc(C2CCCC2)nc(-c2ncc(Cl)cc2Cl)n1. The van der Waals surface area contributed by atoms with E-state index in [1.54, 1.807) is 12.3 Å². The van der Waals surface area contributed by atoms with Gasteiger partial charge in [-0.2, -0.15) is 0 Å². The highest BCUT2D eigenvalue weighted by Crippen LogP contribution is 2.35. The molecule has 6 heteroatoms. The van der Waals surface area contributed by atoms with Gasteiger partial charge in [0.05, 0.1) is 10.0 Å². The van der Waals surface area contributed by atoms with Gasteiger partial charge < -0.3 is 5.32 Å². The zero-order valence-electron chi connectivity index (χ0n) is 11.7. The Morgan fingerprint density at radius 3 is 2.57 bits per heavy atom. The predicted molar refractivity (Wildman–Crippen MR) is 86.0 cm³/mol. The van der Waals surface area contributed by atoms with Crippen LogP contribution in [-0.2, 0) is 0 Å². The van der Waals surface area contributed by atoms with Gasteiger partial charge in [-0.05, 0) is 18.9 Å². The van der Waals surface area contributed by atoms with Gasteiger partial charge >= 0.3 is 0 Å². The summed E-state index contributed by atoms with van der Waals surface area (Å²) in [5.74, 6) is 1.84. The molecule has 1 aliphatic rings. The molecule has 0 spiro atoms. The standard InChI is InChI=1S/C15H16Cl2N4/c1-18-13-7-12(9-4-2-3-5-9)20-15(21-13)14-11(17)6-10(16)8-19-14/h6-9H,2-5H2,1H3,(H,18,20,21). The Kier molecular flexibility index (Phi) is 4.27. The molecule has 0 saturated heterocycles. The Balaban J connectivity index is 2.06. The fraction of sp³-hybridized carbons (Fsp3) is 0.400. The zero-order chi connectivity index (χ0) is 14.8. The number of rotatable bonds is 3. The van der Waals surface area contributed by atoms with E-state index in [2.05, 4.69) is 20.3 Å². The minimum atomic E-state index is 0.466. The van der Waals surface area contributed by atoms with Crippen LogP contribution in [0.2, 0.25) is 10.0 Å². The van der Waals surface area contributed by atoms with E-state index in [0.29, 0.717) is 27.5 Å². The molecule has 0 atom stereocenters. The van der Waals surface area contributed by atoms with Crippen molar-refractivity contribution in [1.82, 2.24) is 15.0 Å². The first-order chi connectivity index (χ1) is 10.2. The van der Waals surface area contributed by atoms with E-state index in [1.807, 2.05) is 13.1 Å². The second-order valence-corrected chi connectivity index (χ2v) is 6.06. The summed E-state index contributed by atoms with van der Waals surface area (Å²) in [7, 11) is 1.85. The van der Waals surface area contributed by atoms with E-state index < -0.39 is 0 Å². The Morgan fingerprint density at radius 1 is 1.14 bits per heavy atom. The first-order valence-electron chi connectivity index (χ1n) is 7.05. The van der Waals surface area contributed by atoms with Crippen molar-refractivity contribution < 1.29 is 0 Å². The van der Waals surface area contributed by atoms with E-state index >= 15 is 0 Å². The third-order valence-corrected chi connectivity index (χ3v) is 4.29. The van der Waals surface area contributed by atoms with Crippen molar-refractivity contribution in [2.45, 2.75) is 31.6 Å². The molecule has 0 amide bonds. The molecule has 0 unspecified atom stereocenters.